The number of rotatable bonds is 8. The van der Waals surface area contributed by atoms with Crippen molar-refractivity contribution in [3.8, 4) is 0 Å². The molecule has 0 saturated carbocycles. The van der Waals surface area contributed by atoms with Crippen LogP contribution in [0.25, 0.3) is 0 Å². The van der Waals surface area contributed by atoms with Gasteiger partial charge in [-0.3, -0.25) is 9.59 Å². The molecule has 9 heteroatoms. The summed E-state index contributed by atoms with van der Waals surface area (Å²) in [6, 6.07) is 1.19. The van der Waals surface area contributed by atoms with Gasteiger partial charge in [-0.1, -0.05) is 13.8 Å². The number of nitrogens with zero attached hydrogens (tertiary/aromatic N) is 1. The van der Waals surface area contributed by atoms with Crippen LogP contribution in [0.5, 0.6) is 0 Å². The Balaban J connectivity index is 2.91. The van der Waals surface area contributed by atoms with Crippen molar-refractivity contribution in [3.63, 3.8) is 0 Å². The van der Waals surface area contributed by atoms with Crippen LogP contribution in [-0.4, -0.2) is 38.5 Å². The van der Waals surface area contributed by atoms with Gasteiger partial charge in [0, 0.05) is 19.8 Å². The third-order valence-corrected chi connectivity index (χ3v) is 4.74. The standard InChI is InChI=1S/C14H23N3O5S/c1-9(2)5-10(14(19)22-4)7-16-23(20,21)11-6-12(13(15)18)17(3)8-11/h6,8-10,16H,5,7H2,1-4H3,(H2,15,18). The number of ether oxygens (including phenoxy) is 1. The van der Waals surface area contributed by atoms with E-state index in [1.807, 2.05) is 13.8 Å². The molecule has 0 fully saturated rings. The van der Waals surface area contributed by atoms with E-state index in [0.717, 1.165) is 0 Å². The molecule has 8 nitrogen and oxygen atoms in total. The molecule has 0 saturated heterocycles. The molecular formula is C14H23N3O5S. The maximum Gasteiger partial charge on any atom is 0.309 e. The molecule has 23 heavy (non-hydrogen) atoms. The topological polar surface area (TPSA) is 120 Å². The number of amides is 1. The molecule has 1 aromatic rings. The number of esters is 1. The lowest BCUT2D eigenvalue weighted by atomic mass is 9.97. The number of methoxy groups -OCH3 is 1. The molecule has 1 amide bonds. The van der Waals surface area contributed by atoms with Crippen LogP contribution < -0.4 is 10.5 Å². The predicted octanol–water partition coefficient (Wildman–Crippen LogP) is 0.238. The van der Waals surface area contributed by atoms with E-state index >= 15 is 0 Å². The molecule has 130 valence electrons. The first-order chi connectivity index (χ1) is 10.6. The Hall–Kier alpha value is -1.87. The van der Waals surface area contributed by atoms with Gasteiger partial charge in [0.05, 0.1) is 13.0 Å². The van der Waals surface area contributed by atoms with Crippen molar-refractivity contribution in [2.24, 2.45) is 24.6 Å². The van der Waals surface area contributed by atoms with Crippen molar-refractivity contribution in [1.29, 1.82) is 0 Å². The summed E-state index contributed by atoms with van der Waals surface area (Å²) < 4.78 is 33.0. The SMILES string of the molecule is COC(=O)C(CNS(=O)(=O)c1cc(C(N)=O)n(C)c1)CC(C)C. The highest BCUT2D eigenvalue weighted by molar-refractivity contribution is 7.89. The monoisotopic (exact) mass is 345 g/mol. The van der Waals surface area contributed by atoms with Crippen LogP contribution >= 0.6 is 0 Å². The number of aryl methyl sites for hydroxylation is 1. The zero-order valence-electron chi connectivity index (χ0n) is 13.7. The van der Waals surface area contributed by atoms with Crippen molar-refractivity contribution < 1.29 is 22.7 Å². The van der Waals surface area contributed by atoms with Crippen LogP contribution in [0.4, 0.5) is 0 Å². The molecule has 1 atom stereocenters. The summed E-state index contributed by atoms with van der Waals surface area (Å²) in [5.41, 5.74) is 5.25. The minimum atomic E-state index is -3.85. The van der Waals surface area contributed by atoms with Crippen LogP contribution in [-0.2, 0) is 26.6 Å². The molecule has 0 spiro atoms. The van der Waals surface area contributed by atoms with E-state index in [4.69, 9.17) is 10.5 Å². The first kappa shape index (κ1) is 19.2. The highest BCUT2D eigenvalue weighted by atomic mass is 32.2. The number of nitrogens with one attached hydrogen (secondary N) is 1. The number of aromatic nitrogens is 1. The van der Waals surface area contributed by atoms with Crippen LogP contribution in [0.2, 0.25) is 0 Å². The Morgan fingerprint density at radius 2 is 2.00 bits per heavy atom. The highest BCUT2D eigenvalue weighted by Crippen LogP contribution is 2.16. The lowest BCUT2D eigenvalue weighted by Crippen LogP contribution is -2.34. The van der Waals surface area contributed by atoms with Gasteiger partial charge in [0.2, 0.25) is 10.0 Å². The second-order valence-corrected chi connectivity index (χ2v) is 7.50. The average Bonchev–Trinajstić information content (AvgIpc) is 2.85. The van der Waals surface area contributed by atoms with E-state index in [0.29, 0.717) is 6.42 Å². The number of sulfonamides is 1. The molecule has 3 N–H and O–H groups in total. The number of hydrogen-bond acceptors (Lipinski definition) is 5. The summed E-state index contributed by atoms with van der Waals surface area (Å²) in [4.78, 5) is 22.8. The fraction of sp³-hybridized carbons (Fsp3) is 0.571. The second kappa shape index (κ2) is 7.60. The molecule has 0 radical (unpaired) electrons. The molecule has 0 aliphatic rings. The fourth-order valence-electron chi connectivity index (χ4n) is 2.22. The van der Waals surface area contributed by atoms with Gasteiger partial charge in [-0.2, -0.15) is 0 Å². The highest BCUT2D eigenvalue weighted by Gasteiger charge is 2.25. The minimum absolute atomic E-state index is 0.0754. The van der Waals surface area contributed by atoms with Gasteiger partial charge in [0.25, 0.3) is 5.91 Å². The van der Waals surface area contributed by atoms with Crippen LogP contribution in [0.3, 0.4) is 0 Å². The normalized spacial score (nSPS) is 13.1. The van der Waals surface area contributed by atoms with Gasteiger partial charge in [0.1, 0.15) is 10.6 Å². The molecule has 0 aliphatic heterocycles. The van der Waals surface area contributed by atoms with Gasteiger partial charge in [-0.25, -0.2) is 13.1 Å². The van der Waals surface area contributed by atoms with Gasteiger partial charge in [-0.15, -0.1) is 0 Å². The number of nitrogens with two attached hydrogens (primary N) is 1. The van der Waals surface area contributed by atoms with Crippen molar-refractivity contribution in [2.45, 2.75) is 25.2 Å². The van der Waals surface area contributed by atoms with Gasteiger partial charge < -0.3 is 15.0 Å². The maximum atomic E-state index is 12.3. The third-order valence-electron chi connectivity index (χ3n) is 3.35. The summed E-state index contributed by atoms with van der Waals surface area (Å²) >= 11 is 0. The van der Waals surface area contributed by atoms with Crippen molar-refractivity contribution >= 4 is 21.9 Å². The zero-order chi connectivity index (χ0) is 17.8. The van der Waals surface area contributed by atoms with Crippen molar-refractivity contribution in [3.05, 3.63) is 18.0 Å². The number of hydrogen-bond donors (Lipinski definition) is 2. The largest absolute Gasteiger partial charge is 0.469 e. The summed E-state index contributed by atoms with van der Waals surface area (Å²) in [6.45, 7) is 3.79. The average molecular weight is 345 g/mol. The smallest absolute Gasteiger partial charge is 0.309 e. The van der Waals surface area contributed by atoms with Gasteiger partial charge in [0.15, 0.2) is 0 Å². The third kappa shape index (κ3) is 5.07. The number of carbonyl (C=O) groups is 2. The molecule has 1 aromatic heterocycles. The van der Waals surface area contributed by atoms with Crippen LogP contribution in [0.1, 0.15) is 30.8 Å². The molecule has 0 aliphatic carbocycles. The maximum absolute atomic E-state index is 12.3. The Morgan fingerprint density at radius 1 is 1.39 bits per heavy atom. The molecule has 1 rings (SSSR count). The fourth-order valence-corrected chi connectivity index (χ4v) is 3.37. The minimum Gasteiger partial charge on any atom is -0.469 e. The number of carbonyl (C=O) groups excluding carboxylic acids is 2. The van der Waals surface area contributed by atoms with Crippen LogP contribution in [0, 0.1) is 11.8 Å². The van der Waals surface area contributed by atoms with E-state index in [1.165, 1.54) is 31.0 Å². The van der Waals surface area contributed by atoms with Gasteiger partial charge >= 0.3 is 5.97 Å². The second-order valence-electron chi connectivity index (χ2n) is 5.74. The number of primary amides is 1. The lowest BCUT2D eigenvalue weighted by molar-refractivity contribution is -0.145. The predicted molar refractivity (Wildman–Crippen MR) is 84.1 cm³/mol. The summed E-state index contributed by atoms with van der Waals surface area (Å²) in [7, 11) is -1.07. The molecule has 0 bridgehead atoms. The van der Waals surface area contributed by atoms with Gasteiger partial charge in [-0.05, 0) is 18.4 Å². The lowest BCUT2D eigenvalue weighted by Gasteiger charge is -2.17. The molecular weight excluding hydrogens is 322 g/mol. The summed E-state index contributed by atoms with van der Waals surface area (Å²) in [5, 5.41) is 0. The Bertz CT molecular complexity index is 679. The Morgan fingerprint density at radius 3 is 2.43 bits per heavy atom. The summed E-state index contributed by atoms with van der Waals surface area (Å²) in [5.74, 6) is -1.55. The van der Waals surface area contributed by atoms with E-state index in [2.05, 4.69) is 4.72 Å². The molecule has 0 aromatic carbocycles. The zero-order valence-corrected chi connectivity index (χ0v) is 14.5. The first-order valence-electron chi connectivity index (χ1n) is 7.12. The first-order valence-corrected chi connectivity index (χ1v) is 8.60. The van der Waals surface area contributed by atoms with E-state index in [-0.39, 0.29) is 23.1 Å². The van der Waals surface area contributed by atoms with E-state index < -0.39 is 27.8 Å². The van der Waals surface area contributed by atoms with Crippen LogP contribution in [0.15, 0.2) is 17.2 Å². The Labute approximate surface area is 136 Å². The Kier molecular flexibility index (Phi) is 6.34. The quantitative estimate of drug-likeness (QED) is 0.654. The van der Waals surface area contributed by atoms with Crippen molar-refractivity contribution in [2.75, 3.05) is 13.7 Å². The molecule has 1 unspecified atom stereocenters. The van der Waals surface area contributed by atoms with E-state index in [1.54, 1.807) is 0 Å². The molecule has 1 heterocycles. The summed E-state index contributed by atoms with van der Waals surface area (Å²) in [6.07, 6.45) is 1.79. The van der Waals surface area contributed by atoms with Crippen molar-refractivity contribution in [1.82, 2.24) is 9.29 Å². The van der Waals surface area contributed by atoms with E-state index in [9.17, 15) is 18.0 Å².